The van der Waals surface area contributed by atoms with Gasteiger partial charge >= 0.3 is 18.0 Å². The van der Waals surface area contributed by atoms with Gasteiger partial charge in [0.25, 0.3) is 0 Å². The summed E-state index contributed by atoms with van der Waals surface area (Å²) in [7, 11) is 0.994. The van der Waals surface area contributed by atoms with Gasteiger partial charge in [0.05, 0.1) is 12.0 Å². The maximum atomic E-state index is 13.8. The number of hydrogen-bond acceptors (Lipinski definition) is 1. The molecule has 0 aliphatic carbocycles. The van der Waals surface area contributed by atoms with Gasteiger partial charge in [-0.1, -0.05) is 37.6 Å². The molecule has 0 fully saturated rings. The molecule has 1 nitrogen and oxygen atoms in total. The Balaban J connectivity index is 3.22. The van der Waals surface area contributed by atoms with Crippen LogP contribution >= 0.6 is 0 Å². The van der Waals surface area contributed by atoms with E-state index in [9.17, 15) is 30.7 Å². The molecular formula is C16H19F7O. The normalized spacial score (nSPS) is 16.1. The molecule has 0 saturated carbocycles. The van der Waals surface area contributed by atoms with E-state index < -0.39 is 30.0 Å². The van der Waals surface area contributed by atoms with Crippen LogP contribution in [-0.2, 0) is 16.8 Å². The summed E-state index contributed by atoms with van der Waals surface area (Å²) >= 11 is 0. The van der Waals surface area contributed by atoms with Crippen molar-refractivity contribution in [3.8, 4) is 0 Å². The second kappa shape index (κ2) is 6.90. The minimum Gasteiger partial charge on any atom is -0.374 e. The Labute approximate surface area is 135 Å². The molecule has 0 aromatic heterocycles. The zero-order valence-corrected chi connectivity index (χ0v) is 13.5. The van der Waals surface area contributed by atoms with Crippen molar-refractivity contribution in [2.45, 2.75) is 56.7 Å². The molecule has 0 bridgehead atoms. The second-order valence-electron chi connectivity index (χ2n) is 5.84. The van der Waals surface area contributed by atoms with Gasteiger partial charge in [-0.2, -0.15) is 30.7 Å². The number of halogens is 7. The number of aryl methyl sites for hydroxylation is 1. The number of benzene rings is 1. The van der Waals surface area contributed by atoms with Crippen LogP contribution in [-0.4, -0.2) is 25.1 Å². The summed E-state index contributed by atoms with van der Waals surface area (Å²) < 4.78 is 95.7. The fourth-order valence-corrected chi connectivity index (χ4v) is 2.38. The SMILES string of the molecule is CCCc1cccc(C(C)(CC(F)(F)C(F)(F)C(F)(F)F)OC)c1. The van der Waals surface area contributed by atoms with Crippen LogP contribution in [0.1, 0.15) is 37.8 Å². The molecule has 1 unspecified atom stereocenters. The van der Waals surface area contributed by atoms with Gasteiger partial charge in [-0.25, -0.2) is 0 Å². The Hall–Kier alpha value is -1.31. The number of alkyl halides is 7. The van der Waals surface area contributed by atoms with Crippen molar-refractivity contribution in [2.75, 3.05) is 7.11 Å². The first-order valence-corrected chi connectivity index (χ1v) is 7.27. The van der Waals surface area contributed by atoms with Crippen LogP contribution in [0.25, 0.3) is 0 Å². The summed E-state index contributed by atoms with van der Waals surface area (Å²) in [5, 5.41) is 0. The standard InChI is InChI=1S/C16H19F7O/c1-4-6-11-7-5-8-12(9-11)13(2,24-3)10-14(17,18)15(19,20)16(21,22)23/h5,7-9H,4,6,10H2,1-3H3. The molecule has 138 valence electrons. The lowest BCUT2D eigenvalue weighted by molar-refractivity contribution is -0.361. The molecule has 0 spiro atoms. The lowest BCUT2D eigenvalue weighted by atomic mass is 9.86. The third-order valence-corrected chi connectivity index (χ3v) is 3.90. The quantitative estimate of drug-likeness (QED) is 0.565. The molecule has 24 heavy (non-hydrogen) atoms. The van der Waals surface area contributed by atoms with Crippen molar-refractivity contribution in [3.05, 3.63) is 35.4 Å². The van der Waals surface area contributed by atoms with Crippen LogP contribution in [0.4, 0.5) is 30.7 Å². The third-order valence-electron chi connectivity index (χ3n) is 3.90. The Kier molecular flexibility index (Phi) is 5.96. The van der Waals surface area contributed by atoms with E-state index >= 15 is 0 Å². The van der Waals surface area contributed by atoms with E-state index in [1.165, 1.54) is 18.2 Å². The molecule has 0 aliphatic rings. The van der Waals surface area contributed by atoms with Crippen LogP contribution in [0.2, 0.25) is 0 Å². The van der Waals surface area contributed by atoms with Crippen molar-refractivity contribution in [1.82, 2.24) is 0 Å². The minimum absolute atomic E-state index is 0.119. The van der Waals surface area contributed by atoms with Crippen molar-refractivity contribution in [2.24, 2.45) is 0 Å². The first kappa shape index (κ1) is 20.7. The molecule has 1 atom stereocenters. The summed E-state index contributed by atoms with van der Waals surface area (Å²) in [6, 6.07) is 6.09. The van der Waals surface area contributed by atoms with Crippen molar-refractivity contribution in [3.63, 3.8) is 0 Å². The highest BCUT2D eigenvalue weighted by Gasteiger charge is 2.73. The largest absolute Gasteiger partial charge is 0.459 e. The van der Waals surface area contributed by atoms with Crippen molar-refractivity contribution < 1.29 is 35.5 Å². The number of methoxy groups -OCH3 is 1. The molecular weight excluding hydrogens is 341 g/mol. The summed E-state index contributed by atoms with van der Waals surface area (Å²) in [6.07, 6.45) is -6.79. The molecule has 1 aromatic rings. The Morgan fingerprint density at radius 1 is 1.00 bits per heavy atom. The minimum atomic E-state index is -6.35. The van der Waals surface area contributed by atoms with Crippen LogP contribution in [0, 0.1) is 0 Å². The summed E-state index contributed by atoms with van der Waals surface area (Å²) in [4.78, 5) is 0. The van der Waals surface area contributed by atoms with E-state index in [0.29, 0.717) is 6.42 Å². The number of ether oxygens (including phenoxy) is 1. The van der Waals surface area contributed by atoms with Crippen LogP contribution in [0.15, 0.2) is 24.3 Å². The maximum Gasteiger partial charge on any atom is 0.459 e. The molecule has 0 saturated heterocycles. The molecule has 1 rings (SSSR count). The summed E-state index contributed by atoms with van der Waals surface area (Å²) in [6.45, 7) is 2.96. The third kappa shape index (κ3) is 4.02. The van der Waals surface area contributed by atoms with E-state index in [1.54, 1.807) is 6.07 Å². The molecule has 0 radical (unpaired) electrons. The van der Waals surface area contributed by atoms with E-state index in [2.05, 4.69) is 0 Å². The average Bonchev–Trinajstić information content (AvgIpc) is 2.46. The molecule has 0 N–H and O–H groups in total. The van der Waals surface area contributed by atoms with Crippen LogP contribution < -0.4 is 0 Å². The molecule has 0 amide bonds. The predicted molar refractivity (Wildman–Crippen MR) is 75.4 cm³/mol. The van der Waals surface area contributed by atoms with Gasteiger partial charge in [0.15, 0.2) is 0 Å². The van der Waals surface area contributed by atoms with E-state index in [-0.39, 0.29) is 5.56 Å². The first-order valence-electron chi connectivity index (χ1n) is 7.27. The van der Waals surface area contributed by atoms with Gasteiger partial charge in [-0.05, 0) is 24.5 Å². The van der Waals surface area contributed by atoms with Gasteiger partial charge in [0.1, 0.15) is 0 Å². The van der Waals surface area contributed by atoms with E-state index in [4.69, 9.17) is 4.74 Å². The lowest BCUT2D eigenvalue weighted by Crippen LogP contribution is -2.54. The smallest absolute Gasteiger partial charge is 0.374 e. The Bertz CT molecular complexity index is 554. The molecule has 0 aliphatic heterocycles. The van der Waals surface area contributed by atoms with E-state index in [0.717, 1.165) is 26.0 Å². The second-order valence-corrected chi connectivity index (χ2v) is 5.84. The lowest BCUT2D eigenvalue weighted by Gasteiger charge is -2.36. The zero-order valence-electron chi connectivity index (χ0n) is 13.5. The molecule has 1 aromatic carbocycles. The van der Waals surface area contributed by atoms with Crippen LogP contribution in [0.3, 0.4) is 0 Å². The number of hydrogen-bond donors (Lipinski definition) is 0. The monoisotopic (exact) mass is 360 g/mol. The highest BCUT2D eigenvalue weighted by Crippen LogP contribution is 2.51. The summed E-state index contributed by atoms with van der Waals surface area (Å²) in [5.41, 5.74) is -1.13. The van der Waals surface area contributed by atoms with Crippen LogP contribution in [0.5, 0.6) is 0 Å². The Morgan fingerprint density at radius 2 is 1.58 bits per heavy atom. The molecule has 0 heterocycles. The van der Waals surface area contributed by atoms with Crippen molar-refractivity contribution >= 4 is 0 Å². The van der Waals surface area contributed by atoms with E-state index in [1.807, 2.05) is 6.92 Å². The number of rotatable bonds is 7. The topological polar surface area (TPSA) is 9.23 Å². The predicted octanol–water partition coefficient (Wildman–Crippen LogP) is 5.72. The van der Waals surface area contributed by atoms with Crippen molar-refractivity contribution in [1.29, 1.82) is 0 Å². The highest BCUT2D eigenvalue weighted by atomic mass is 19.4. The maximum absolute atomic E-state index is 13.8. The first-order chi connectivity index (χ1) is 10.8. The summed E-state index contributed by atoms with van der Waals surface area (Å²) in [5.74, 6) is -11.5. The van der Waals surface area contributed by atoms with Gasteiger partial charge < -0.3 is 4.74 Å². The Morgan fingerprint density at radius 3 is 2.04 bits per heavy atom. The fourth-order valence-electron chi connectivity index (χ4n) is 2.38. The fraction of sp³-hybridized carbons (Fsp3) is 0.625. The van der Waals surface area contributed by atoms with Gasteiger partial charge in [0, 0.05) is 7.11 Å². The van der Waals surface area contributed by atoms with Gasteiger partial charge in [0.2, 0.25) is 0 Å². The van der Waals surface area contributed by atoms with Gasteiger partial charge in [-0.15, -0.1) is 0 Å². The molecule has 8 heteroatoms. The zero-order chi connectivity index (χ0) is 18.8. The van der Waals surface area contributed by atoms with Gasteiger partial charge in [-0.3, -0.25) is 0 Å². The average molecular weight is 360 g/mol. The highest BCUT2D eigenvalue weighted by molar-refractivity contribution is 5.29.